The van der Waals surface area contributed by atoms with E-state index in [1.807, 2.05) is 0 Å². The van der Waals surface area contributed by atoms with E-state index in [-0.39, 0.29) is 34.2 Å². The number of anilines is 1. The first-order chi connectivity index (χ1) is 19.1. The average Bonchev–Trinajstić information content (AvgIpc) is 3.85. The summed E-state index contributed by atoms with van der Waals surface area (Å²) in [6, 6.07) is 6.45. The van der Waals surface area contributed by atoms with Gasteiger partial charge in [-0.2, -0.15) is 4.98 Å². The molecule has 2 saturated carbocycles. The van der Waals surface area contributed by atoms with Crippen LogP contribution in [0.5, 0.6) is 5.75 Å². The fraction of sp³-hybridized carbons (Fsp3) is 0.414. The lowest BCUT2D eigenvalue weighted by Crippen LogP contribution is -2.43. The fourth-order valence-corrected chi connectivity index (χ4v) is 6.43. The largest absolute Gasteiger partial charge is 0.489 e. The fourth-order valence-electron chi connectivity index (χ4n) is 6.14. The Kier molecular flexibility index (Phi) is 5.21. The quantitative estimate of drug-likeness (QED) is 0.333. The molecule has 39 heavy (non-hydrogen) atoms. The maximum absolute atomic E-state index is 15.1. The summed E-state index contributed by atoms with van der Waals surface area (Å²) < 4.78 is 23.1. The maximum atomic E-state index is 15.1. The maximum Gasteiger partial charge on any atom is 0.355 e. The predicted molar refractivity (Wildman–Crippen MR) is 146 cm³/mol. The Labute approximate surface area is 228 Å². The number of halogens is 2. The summed E-state index contributed by atoms with van der Waals surface area (Å²) in [6.07, 6.45) is 8.64. The minimum Gasteiger partial charge on any atom is -0.489 e. The molecule has 1 aromatic carbocycles. The van der Waals surface area contributed by atoms with E-state index in [0.29, 0.717) is 34.9 Å². The number of rotatable bonds is 4. The minimum absolute atomic E-state index is 0.0641. The van der Waals surface area contributed by atoms with Crippen molar-refractivity contribution < 1.29 is 9.13 Å². The first kappa shape index (κ1) is 23.3. The molecule has 0 spiro atoms. The van der Waals surface area contributed by atoms with Crippen LogP contribution in [-0.4, -0.2) is 43.7 Å². The van der Waals surface area contributed by atoms with Crippen LogP contribution < -0.4 is 15.3 Å². The van der Waals surface area contributed by atoms with Gasteiger partial charge in [0.25, 0.3) is 0 Å². The summed E-state index contributed by atoms with van der Waals surface area (Å²) in [5.41, 5.74) is 2.77. The van der Waals surface area contributed by atoms with Gasteiger partial charge in [0.1, 0.15) is 35.0 Å². The summed E-state index contributed by atoms with van der Waals surface area (Å²) in [4.78, 5) is 35.2. The van der Waals surface area contributed by atoms with Gasteiger partial charge in [0.05, 0.1) is 28.8 Å². The number of fused-ring (bicyclic) bond motifs is 2. The molecule has 1 atom stereocenters. The summed E-state index contributed by atoms with van der Waals surface area (Å²) in [7, 11) is 0. The van der Waals surface area contributed by atoms with E-state index in [2.05, 4.69) is 19.9 Å². The lowest BCUT2D eigenvalue weighted by molar-refractivity contribution is 0.267. The molecule has 4 aromatic rings. The molecule has 0 amide bonds. The minimum atomic E-state index is -0.451. The number of benzene rings is 1. The second-order valence-electron chi connectivity index (χ2n) is 11.0. The van der Waals surface area contributed by atoms with Crippen LogP contribution in [0.4, 0.5) is 10.2 Å². The molecule has 3 fully saturated rings. The number of hydrogen-bond acceptors (Lipinski definition) is 7. The van der Waals surface area contributed by atoms with Crippen LogP contribution in [0, 0.1) is 5.82 Å². The van der Waals surface area contributed by atoms with Crippen molar-refractivity contribution in [2.24, 2.45) is 0 Å². The third-order valence-electron chi connectivity index (χ3n) is 8.38. The monoisotopic (exact) mass is 544 g/mol. The van der Waals surface area contributed by atoms with Crippen LogP contribution in [0.1, 0.15) is 68.2 Å². The van der Waals surface area contributed by atoms with Crippen molar-refractivity contribution in [3.05, 3.63) is 63.3 Å². The summed E-state index contributed by atoms with van der Waals surface area (Å²) in [6.45, 7) is 1.16. The average molecular weight is 545 g/mol. The Morgan fingerprint density at radius 3 is 2.44 bits per heavy atom. The van der Waals surface area contributed by atoms with E-state index in [4.69, 9.17) is 21.3 Å². The van der Waals surface area contributed by atoms with Crippen LogP contribution in [0.3, 0.4) is 0 Å². The zero-order chi connectivity index (χ0) is 26.2. The molecule has 2 aliphatic carbocycles. The van der Waals surface area contributed by atoms with E-state index in [0.717, 1.165) is 62.9 Å². The molecule has 0 bridgehead atoms. The molecule has 0 radical (unpaired) electrons. The lowest BCUT2D eigenvalue weighted by Gasteiger charge is -2.34. The molecule has 198 valence electrons. The first-order valence-corrected chi connectivity index (χ1v) is 14.1. The van der Waals surface area contributed by atoms with Gasteiger partial charge in [-0.25, -0.2) is 28.7 Å². The number of pyridine rings is 1. The smallest absolute Gasteiger partial charge is 0.355 e. The molecule has 4 aliphatic rings. The van der Waals surface area contributed by atoms with Crippen molar-refractivity contribution in [2.75, 3.05) is 18.1 Å². The van der Waals surface area contributed by atoms with Gasteiger partial charge in [0.15, 0.2) is 11.4 Å². The number of ether oxygens (including phenoxy) is 1. The number of aromatic nitrogens is 5. The molecular weight excluding hydrogens is 519 g/mol. The molecule has 0 unspecified atom stereocenters. The predicted octanol–water partition coefficient (Wildman–Crippen LogP) is 5.54. The molecule has 2 aliphatic heterocycles. The van der Waals surface area contributed by atoms with Crippen molar-refractivity contribution in [1.29, 1.82) is 0 Å². The van der Waals surface area contributed by atoms with Gasteiger partial charge >= 0.3 is 5.69 Å². The first-order valence-electron chi connectivity index (χ1n) is 13.8. The second kappa shape index (κ2) is 8.71. The second-order valence-corrected chi connectivity index (χ2v) is 11.4. The molecule has 3 aromatic heterocycles. The molecule has 8 rings (SSSR count). The summed E-state index contributed by atoms with van der Waals surface area (Å²) in [5.74, 6) is 1.00. The van der Waals surface area contributed by atoms with Gasteiger partial charge in [-0.1, -0.05) is 23.7 Å². The third-order valence-corrected chi connectivity index (χ3v) is 8.73. The van der Waals surface area contributed by atoms with Gasteiger partial charge < -0.3 is 9.64 Å². The standard InChI is InChI=1S/C29H26ClFN6O2/c30-21-24(18-6-1-2-7-19(18)31)34-28-20-26(21)39-13-17-5-3-4-12-36(17)27(20)35-29(38)37(28)25-22(15-8-9-15)32-14-33-23(25)16-10-11-16/h1-2,6-7,14-17H,3-5,8-13H2/t17-/m1/s1. The van der Waals surface area contributed by atoms with Gasteiger partial charge in [0, 0.05) is 23.9 Å². The van der Waals surface area contributed by atoms with Crippen LogP contribution in [0.2, 0.25) is 5.02 Å². The number of piperidine rings is 1. The highest BCUT2D eigenvalue weighted by Gasteiger charge is 2.39. The van der Waals surface area contributed by atoms with Gasteiger partial charge in [-0.3, -0.25) is 0 Å². The molecule has 5 heterocycles. The lowest BCUT2D eigenvalue weighted by atomic mass is 10.0. The van der Waals surface area contributed by atoms with E-state index in [1.54, 1.807) is 29.1 Å². The van der Waals surface area contributed by atoms with Crippen LogP contribution in [-0.2, 0) is 0 Å². The number of hydrogen-bond donors (Lipinski definition) is 0. The Balaban J connectivity index is 1.51. The normalized spacial score (nSPS) is 20.5. The van der Waals surface area contributed by atoms with E-state index >= 15 is 4.39 Å². The van der Waals surface area contributed by atoms with Crippen molar-refractivity contribution in [1.82, 2.24) is 24.5 Å². The zero-order valence-corrected chi connectivity index (χ0v) is 22.0. The molecule has 0 N–H and O–H groups in total. The molecular formula is C29H26ClFN6O2. The molecule has 10 heteroatoms. The van der Waals surface area contributed by atoms with E-state index < -0.39 is 11.5 Å². The van der Waals surface area contributed by atoms with Gasteiger partial charge in [-0.05, 0) is 57.1 Å². The summed E-state index contributed by atoms with van der Waals surface area (Å²) >= 11 is 6.98. The SMILES string of the molecule is O=c1nc2c3c(c(Cl)c(-c4ccccc4F)nc3n1-c1c(C3CC3)ncnc1C1CC1)OC[C@H]1CCCCN21. The van der Waals surface area contributed by atoms with Crippen molar-refractivity contribution in [3.63, 3.8) is 0 Å². The van der Waals surface area contributed by atoms with Crippen LogP contribution in [0.15, 0.2) is 35.4 Å². The number of nitrogens with zero attached hydrogens (tertiary/aromatic N) is 6. The third kappa shape index (κ3) is 3.66. The van der Waals surface area contributed by atoms with Crippen molar-refractivity contribution in [3.8, 4) is 22.7 Å². The van der Waals surface area contributed by atoms with Gasteiger partial charge in [0.2, 0.25) is 0 Å². The van der Waals surface area contributed by atoms with Gasteiger partial charge in [-0.15, -0.1) is 0 Å². The Bertz CT molecular complexity index is 1690. The van der Waals surface area contributed by atoms with E-state index in [1.165, 1.54) is 6.07 Å². The van der Waals surface area contributed by atoms with Crippen LogP contribution in [0.25, 0.3) is 28.0 Å². The van der Waals surface area contributed by atoms with E-state index in [9.17, 15) is 4.79 Å². The Morgan fingerprint density at radius 1 is 0.974 bits per heavy atom. The molecule has 1 saturated heterocycles. The summed E-state index contributed by atoms with van der Waals surface area (Å²) in [5, 5.41) is 0.797. The zero-order valence-electron chi connectivity index (χ0n) is 21.2. The topological polar surface area (TPSA) is 86.0 Å². The Morgan fingerprint density at radius 2 is 1.72 bits per heavy atom. The highest BCUT2D eigenvalue weighted by atomic mass is 35.5. The highest BCUT2D eigenvalue weighted by Crippen LogP contribution is 2.49. The molecule has 8 nitrogen and oxygen atoms in total. The van der Waals surface area contributed by atoms with Crippen molar-refractivity contribution in [2.45, 2.75) is 62.8 Å². The van der Waals surface area contributed by atoms with Crippen LogP contribution >= 0.6 is 11.6 Å². The Hall–Kier alpha value is -3.59. The highest BCUT2D eigenvalue weighted by molar-refractivity contribution is 6.36. The van der Waals surface area contributed by atoms with Crippen molar-refractivity contribution >= 4 is 28.5 Å².